The Morgan fingerprint density at radius 3 is 2.74 bits per heavy atom. The third-order valence-electron chi connectivity index (χ3n) is 6.03. The van der Waals surface area contributed by atoms with Crippen LogP contribution in [0.2, 0.25) is 0 Å². The summed E-state index contributed by atoms with van der Waals surface area (Å²) < 4.78 is 5.66. The molecule has 0 bridgehead atoms. The minimum Gasteiger partial charge on any atom is -0.479 e. The molecule has 2 aliphatic heterocycles. The zero-order valence-electron chi connectivity index (χ0n) is 17.3. The lowest BCUT2D eigenvalue weighted by Crippen LogP contribution is -2.49. The largest absolute Gasteiger partial charge is 0.479 e. The maximum absolute atomic E-state index is 12.3. The molecule has 7 nitrogen and oxygen atoms in total. The normalized spacial score (nSPS) is 19.6. The molecule has 1 aromatic heterocycles. The van der Waals surface area contributed by atoms with Crippen molar-refractivity contribution in [2.75, 3.05) is 16.8 Å². The average Bonchev–Trinajstić information content (AvgIpc) is 3.11. The summed E-state index contributed by atoms with van der Waals surface area (Å²) in [6, 6.07) is 17.8. The number of fused-ring (bicyclic) bond motifs is 2. The van der Waals surface area contributed by atoms with Gasteiger partial charge in [0.05, 0.1) is 18.9 Å². The number of carboxylic acids is 1. The van der Waals surface area contributed by atoms with Crippen molar-refractivity contribution in [3.8, 4) is 0 Å². The lowest BCUT2D eigenvalue weighted by molar-refractivity contribution is -0.142. The number of carboxylic acid groups (broad SMARTS) is 1. The van der Waals surface area contributed by atoms with Gasteiger partial charge in [0.15, 0.2) is 0 Å². The maximum atomic E-state index is 12.3. The Hall–Kier alpha value is -3.45. The topological polar surface area (TPSA) is 87.6 Å². The highest BCUT2D eigenvalue weighted by atomic mass is 16.5. The highest BCUT2D eigenvalue weighted by Crippen LogP contribution is 2.43. The number of benzene rings is 2. The molecule has 2 aromatic carbocycles. The SMILES string of the molecule is CC1(C(=O)O)Cc2ccccc2N1c1nc2c(c(NCc3ccccc3)n1)COCC2. The predicted octanol–water partition coefficient (Wildman–Crippen LogP) is 3.70. The van der Waals surface area contributed by atoms with Gasteiger partial charge in [-0.15, -0.1) is 0 Å². The molecule has 0 saturated carbocycles. The van der Waals surface area contributed by atoms with Gasteiger partial charge in [-0.1, -0.05) is 48.5 Å². The summed E-state index contributed by atoms with van der Waals surface area (Å²) in [7, 11) is 0. The van der Waals surface area contributed by atoms with Gasteiger partial charge in [0.1, 0.15) is 11.4 Å². The van der Waals surface area contributed by atoms with Crippen LogP contribution in [0.4, 0.5) is 17.5 Å². The Morgan fingerprint density at radius 2 is 1.94 bits per heavy atom. The minimum absolute atomic E-state index is 0.398. The van der Waals surface area contributed by atoms with Crippen molar-refractivity contribution in [1.29, 1.82) is 0 Å². The molecule has 1 atom stereocenters. The van der Waals surface area contributed by atoms with Gasteiger partial charge < -0.3 is 15.2 Å². The number of ether oxygens (including phenoxy) is 1. The molecule has 158 valence electrons. The molecule has 0 aliphatic carbocycles. The first kappa shape index (κ1) is 19.5. The van der Waals surface area contributed by atoms with Gasteiger partial charge in [-0.25, -0.2) is 9.78 Å². The second-order valence-corrected chi connectivity index (χ2v) is 8.16. The smallest absolute Gasteiger partial charge is 0.330 e. The third-order valence-corrected chi connectivity index (χ3v) is 6.03. The van der Waals surface area contributed by atoms with Crippen LogP contribution in [0.3, 0.4) is 0 Å². The van der Waals surface area contributed by atoms with E-state index in [1.54, 1.807) is 11.8 Å². The number of carbonyl (C=O) groups is 1. The van der Waals surface area contributed by atoms with Crippen molar-refractivity contribution in [2.24, 2.45) is 0 Å². The third kappa shape index (κ3) is 3.41. The van der Waals surface area contributed by atoms with E-state index in [1.165, 1.54) is 0 Å². The first-order chi connectivity index (χ1) is 15.1. The summed E-state index contributed by atoms with van der Waals surface area (Å²) >= 11 is 0. The molecule has 3 heterocycles. The summed E-state index contributed by atoms with van der Waals surface area (Å²) in [5.74, 6) is 0.207. The fourth-order valence-corrected chi connectivity index (χ4v) is 4.34. The number of aromatic nitrogens is 2. The fraction of sp³-hybridized carbons (Fsp3) is 0.292. The molecule has 5 rings (SSSR count). The van der Waals surface area contributed by atoms with E-state index in [4.69, 9.17) is 14.7 Å². The first-order valence-electron chi connectivity index (χ1n) is 10.4. The maximum Gasteiger partial charge on any atom is 0.330 e. The number of hydrogen-bond acceptors (Lipinski definition) is 6. The molecule has 2 aliphatic rings. The van der Waals surface area contributed by atoms with Crippen LogP contribution in [-0.2, 0) is 35.5 Å². The Kier molecular flexibility index (Phi) is 4.82. The summed E-state index contributed by atoms with van der Waals surface area (Å²) in [6.07, 6.45) is 1.07. The molecule has 2 N–H and O–H groups in total. The van der Waals surface area contributed by atoms with Crippen LogP contribution >= 0.6 is 0 Å². The molecular formula is C24H24N4O3. The van der Waals surface area contributed by atoms with Crippen LogP contribution in [0.5, 0.6) is 0 Å². The molecule has 1 unspecified atom stereocenters. The van der Waals surface area contributed by atoms with E-state index in [9.17, 15) is 9.90 Å². The quantitative estimate of drug-likeness (QED) is 0.656. The number of hydrogen-bond donors (Lipinski definition) is 2. The van der Waals surface area contributed by atoms with Crippen molar-refractivity contribution in [1.82, 2.24) is 9.97 Å². The van der Waals surface area contributed by atoms with Gasteiger partial charge in [-0.2, -0.15) is 4.98 Å². The van der Waals surface area contributed by atoms with Crippen molar-refractivity contribution < 1.29 is 14.6 Å². The van der Waals surface area contributed by atoms with E-state index in [1.807, 2.05) is 42.5 Å². The second kappa shape index (κ2) is 7.67. The molecule has 3 aromatic rings. The summed E-state index contributed by atoms with van der Waals surface area (Å²) in [6.45, 7) is 3.38. The molecule has 0 saturated heterocycles. The van der Waals surface area contributed by atoms with Crippen LogP contribution in [-0.4, -0.2) is 33.2 Å². The van der Waals surface area contributed by atoms with Crippen molar-refractivity contribution >= 4 is 23.4 Å². The standard InChI is InChI=1S/C24H24N4O3/c1-24(22(29)30)13-17-9-5-6-10-20(17)28(24)23-26-19-11-12-31-15-18(19)21(27-23)25-14-16-7-3-2-4-8-16/h2-10H,11-15H2,1H3,(H,29,30)(H,25,26,27). The van der Waals surface area contributed by atoms with E-state index < -0.39 is 11.5 Å². The van der Waals surface area contributed by atoms with Crippen molar-refractivity contribution in [3.05, 3.63) is 77.0 Å². The Balaban J connectivity index is 1.59. The van der Waals surface area contributed by atoms with Crippen LogP contribution < -0.4 is 10.2 Å². The lowest BCUT2D eigenvalue weighted by atomic mass is 9.97. The number of rotatable bonds is 5. The number of para-hydroxylation sites is 1. The highest BCUT2D eigenvalue weighted by molar-refractivity contribution is 5.90. The van der Waals surface area contributed by atoms with Crippen LogP contribution in [0.1, 0.15) is 29.3 Å². The van der Waals surface area contributed by atoms with Gasteiger partial charge in [-0.05, 0) is 24.1 Å². The lowest BCUT2D eigenvalue weighted by Gasteiger charge is -2.33. The van der Waals surface area contributed by atoms with Gasteiger partial charge in [0.25, 0.3) is 0 Å². The fourth-order valence-electron chi connectivity index (χ4n) is 4.34. The molecule has 0 fully saturated rings. The Labute approximate surface area is 180 Å². The van der Waals surface area contributed by atoms with Crippen LogP contribution in [0, 0.1) is 0 Å². The molecule has 31 heavy (non-hydrogen) atoms. The minimum atomic E-state index is -1.15. The molecule has 0 amide bonds. The van der Waals surface area contributed by atoms with Gasteiger partial charge in [0.2, 0.25) is 5.95 Å². The zero-order chi connectivity index (χ0) is 21.4. The van der Waals surface area contributed by atoms with E-state index in [-0.39, 0.29) is 0 Å². The van der Waals surface area contributed by atoms with Gasteiger partial charge >= 0.3 is 5.97 Å². The molecule has 0 radical (unpaired) electrons. The summed E-state index contributed by atoms with van der Waals surface area (Å²) in [5.41, 5.74) is 3.65. The van der Waals surface area contributed by atoms with Crippen LogP contribution in [0.15, 0.2) is 54.6 Å². The molecular weight excluding hydrogens is 392 g/mol. The monoisotopic (exact) mass is 416 g/mol. The Bertz CT molecular complexity index is 1130. The predicted molar refractivity (Wildman–Crippen MR) is 117 cm³/mol. The number of anilines is 3. The van der Waals surface area contributed by atoms with Crippen molar-refractivity contribution in [3.63, 3.8) is 0 Å². The average molecular weight is 416 g/mol. The first-order valence-corrected chi connectivity index (χ1v) is 10.4. The van der Waals surface area contributed by atoms with Gasteiger partial charge in [-0.3, -0.25) is 4.90 Å². The highest BCUT2D eigenvalue weighted by Gasteiger charge is 2.48. The van der Waals surface area contributed by atoms with E-state index in [0.29, 0.717) is 44.4 Å². The number of aliphatic carboxylic acids is 1. The number of nitrogens with one attached hydrogen (secondary N) is 1. The van der Waals surface area contributed by atoms with E-state index in [0.717, 1.165) is 28.1 Å². The van der Waals surface area contributed by atoms with Crippen LogP contribution in [0.25, 0.3) is 0 Å². The van der Waals surface area contributed by atoms with Crippen molar-refractivity contribution in [2.45, 2.75) is 38.5 Å². The van der Waals surface area contributed by atoms with E-state index in [2.05, 4.69) is 17.4 Å². The Morgan fingerprint density at radius 1 is 1.16 bits per heavy atom. The summed E-state index contributed by atoms with van der Waals surface area (Å²) in [5, 5.41) is 13.5. The second-order valence-electron chi connectivity index (χ2n) is 8.16. The van der Waals surface area contributed by atoms with Gasteiger partial charge in [0, 0.05) is 30.6 Å². The zero-order valence-corrected chi connectivity index (χ0v) is 17.3. The number of nitrogens with zero attached hydrogens (tertiary/aromatic N) is 3. The summed E-state index contributed by atoms with van der Waals surface area (Å²) in [4.78, 5) is 23.7. The molecule has 0 spiro atoms. The van der Waals surface area contributed by atoms with E-state index >= 15 is 0 Å². The molecule has 7 heteroatoms.